The molecule has 1 atom stereocenters. The van der Waals surface area contributed by atoms with Gasteiger partial charge in [0.25, 0.3) is 11.8 Å². The Morgan fingerprint density at radius 2 is 1.63 bits per heavy atom. The molecule has 0 aliphatic carbocycles. The van der Waals surface area contributed by atoms with Gasteiger partial charge in [-0.15, -0.1) is 0 Å². The van der Waals surface area contributed by atoms with Crippen molar-refractivity contribution in [3.63, 3.8) is 0 Å². The van der Waals surface area contributed by atoms with Crippen LogP contribution in [0.25, 0.3) is 0 Å². The number of rotatable bonds is 9. The number of imidazole rings is 1. The minimum Gasteiger partial charge on any atom is -0.459 e. The van der Waals surface area contributed by atoms with Crippen molar-refractivity contribution in [2.24, 2.45) is 0 Å². The van der Waals surface area contributed by atoms with Crippen molar-refractivity contribution < 1.29 is 24.4 Å². The van der Waals surface area contributed by atoms with Gasteiger partial charge in [-0.25, -0.2) is 9.78 Å². The Morgan fingerprint density at radius 1 is 0.971 bits per heavy atom. The predicted octanol–water partition coefficient (Wildman–Crippen LogP) is 0.950. The van der Waals surface area contributed by atoms with Gasteiger partial charge in [0, 0.05) is 25.3 Å². The molecule has 1 aliphatic heterocycles. The van der Waals surface area contributed by atoms with Gasteiger partial charge in [0.05, 0.1) is 19.4 Å². The summed E-state index contributed by atoms with van der Waals surface area (Å²) in [7, 11) is 0. The second kappa shape index (κ2) is 11.9. The predicted molar refractivity (Wildman–Crippen MR) is 128 cm³/mol. The van der Waals surface area contributed by atoms with E-state index in [-0.39, 0.29) is 36.4 Å². The Hall–Kier alpha value is -3.98. The molecule has 1 aliphatic rings. The van der Waals surface area contributed by atoms with E-state index in [2.05, 4.69) is 25.9 Å². The number of carbonyl (C=O) groups is 3. The average Bonchev–Trinajstić information content (AvgIpc) is 3.39. The number of aromatic amines is 1. The molecule has 2 heterocycles. The lowest BCUT2D eigenvalue weighted by Crippen LogP contribution is -2.87. The number of benzene rings is 2. The molecular weight excluding hydrogens is 446 g/mol. The third-order valence-corrected chi connectivity index (χ3v) is 5.95. The van der Waals surface area contributed by atoms with E-state index in [0.717, 1.165) is 37.1 Å². The van der Waals surface area contributed by atoms with Crippen molar-refractivity contribution in [3.8, 4) is 0 Å². The molecule has 2 amide bonds. The van der Waals surface area contributed by atoms with Crippen LogP contribution in [0.4, 0.5) is 0 Å². The molecule has 182 valence electrons. The molecule has 0 spiro atoms. The Bertz CT molecular complexity index is 1130. The van der Waals surface area contributed by atoms with Crippen LogP contribution in [-0.4, -0.2) is 52.9 Å². The van der Waals surface area contributed by atoms with Gasteiger partial charge >= 0.3 is 5.97 Å². The van der Waals surface area contributed by atoms with Crippen molar-refractivity contribution in [2.75, 3.05) is 13.1 Å². The number of aromatic nitrogens is 2. The number of quaternary nitrogens is 1. The van der Waals surface area contributed by atoms with Gasteiger partial charge in [-0.2, -0.15) is 0 Å². The van der Waals surface area contributed by atoms with Crippen molar-refractivity contribution >= 4 is 17.8 Å². The molecule has 1 saturated heterocycles. The maximum atomic E-state index is 13.1. The zero-order valence-corrected chi connectivity index (χ0v) is 19.4. The average molecular weight is 477 g/mol. The molecule has 0 bridgehead atoms. The molecule has 0 radical (unpaired) electrons. The van der Waals surface area contributed by atoms with Crippen molar-refractivity contribution in [1.29, 1.82) is 0 Å². The van der Waals surface area contributed by atoms with Crippen molar-refractivity contribution in [1.82, 2.24) is 20.6 Å². The minimum absolute atomic E-state index is 0.0567. The number of hydrogen-bond donors (Lipinski definition) is 4. The van der Waals surface area contributed by atoms with Crippen LogP contribution in [-0.2, 0) is 22.6 Å². The molecule has 35 heavy (non-hydrogen) atoms. The fraction of sp³-hybridized carbons (Fsp3) is 0.308. The molecule has 1 fully saturated rings. The Morgan fingerprint density at radius 3 is 2.31 bits per heavy atom. The molecule has 2 aromatic carbocycles. The number of nitrogens with two attached hydrogens (primary N) is 1. The first kappa shape index (κ1) is 24.2. The summed E-state index contributed by atoms with van der Waals surface area (Å²) < 4.78 is 5.49. The highest BCUT2D eigenvalue weighted by atomic mass is 16.5. The molecule has 1 aromatic heterocycles. The lowest BCUT2D eigenvalue weighted by molar-refractivity contribution is -0.663. The largest absolute Gasteiger partial charge is 0.459 e. The number of ether oxygens (including phenoxy) is 1. The van der Waals surface area contributed by atoms with E-state index in [1.54, 1.807) is 0 Å². The van der Waals surface area contributed by atoms with E-state index < -0.39 is 17.9 Å². The number of nitrogens with zero attached hydrogens (tertiary/aromatic N) is 1. The van der Waals surface area contributed by atoms with Gasteiger partial charge in [0.1, 0.15) is 18.3 Å². The van der Waals surface area contributed by atoms with Crippen molar-refractivity contribution in [2.45, 2.75) is 38.0 Å². The van der Waals surface area contributed by atoms with Gasteiger partial charge in [-0.05, 0) is 11.1 Å². The monoisotopic (exact) mass is 476 g/mol. The highest BCUT2D eigenvalue weighted by Crippen LogP contribution is 2.10. The lowest BCUT2D eigenvalue weighted by atomic mass is 10.1. The van der Waals surface area contributed by atoms with Crippen LogP contribution >= 0.6 is 0 Å². The molecule has 5 N–H and O–H groups in total. The topological polar surface area (TPSA) is 130 Å². The second-order valence-corrected chi connectivity index (χ2v) is 8.55. The van der Waals surface area contributed by atoms with Crippen LogP contribution in [0.3, 0.4) is 0 Å². The van der Waals surface area contributed by atoms with Crippen LogP contribution in [0.2, 0.25) is 0 Å². The summed E-state index contributed by atoms with van der Waals surface area (Å²) in [6.45, 7) is 2.00. The highest BCUT2D eigenvalue weighted by Gasteiger charge is 2.28. The first-order valence-electron chi connectivity index (χ1n) is 11.8. The number of H-pyrrole nitrogens is 1. The van der Waals surface area contributed by atoms with Crippen LogP contribution in [0, 0.1) is 0 Å². The van der Waals surface area contributed by atoms with E-state index in [1.165, 1.54) is 6.33 Å². The van der Waals surface area contributed by atoms with Crippen LogP contribution in [0.15, 0.2) is 67.0 Å². The Labute approximate surface area is 203 Å². The standard InChI is InChI=1S/C26H29N5O4/c32-24(30-20-11-13-27-14-12-20)22-23(29-17-28-22)25(33)31-21(15-18-7-3-1-4-8-18)26(34)35-16-19-9-5-2-6-10-19/h1-10,17,20-21,27H,11-16H2,(H,28,29)(H,30,32)(H,31,33)/p+1/t21-/m0/s1. The number of esters is 1. The quantitative estimate of drug-likeness (QED) is 0.342. The number of nitrogens with one attached hydrogen (secondary N) is 3. The van der Waals surface area contributed by atoms with E-state index in [0.29, 0.717) is 0 Å². The third-order valence-electron chi connectivity index (χ3n) is 5.95. The van der Waals surface area contributed by atoms with Crippen molar-refractivity contribution in [3.05, 3.63) is 89.5 Å². The van der Waals surface area contributed by atoms with E-state index in [9.17, 15) is 14.4 Å². The summed E-state index contributed by atoms with van der Waals surface area (Å²) in [6.07, 6.45) is 3.28. The molecule has 9 heteroatoms. The highest BCUT2D eigenvalue weighted by molar-refractivity contribution is 6.05. The van der Waals surface area contributed by atoms with Gasteiger partial charge in [-0.3, -0.25) is 9.59 Å². The van der Waals surface area contributed by atoms with Crippen LogP contribution < -0.4 is 16.0 Å². The third kappa shape index (κ3) is 6.77. The fourth-order valence-corrected chi connectivity index (χ4v) is 4.07. The van der Waals surface area contributed by atoms with Gasteiger partial charge in [0.15, 0.2) is 5.69 Å². The van der Waals surface area contributed by atoms with Gasteiger partial charge < -0.3 is 25.7 Å². The molecule has 4 rings (SSSR count). The maximum absolute atomic E-state index is 13.1. The summed E-state index contributed by atoms with van der Waals surface area (Å²) in [5, 5.41) is 7.90. The number of piperidine rings is 1. The maximum Gasteiger partial charge on any atom is 0.329 e. The van der Waals surface area contributed by atoms with Crippen LogP contribution in [0.5, 0.6) is 0 Å². The van der Waals surface area contributed by atoms with Gasteiger partial charge in [-0.1, -0.05) is 60.7 Å². The summed E-state index contributed by atoms with van der Waals surface area (Å²) in [5.41, 5.74) is 1.73. The fourth-order valence-electron chi connectivity index (χ4n) is 4.07. The SMILES string of the molecule is O=C(N[C@@H](Cc1ccccc1)C(=O)OCc1ccccc1)c1nc[nH]c1C(=O)NC1CC[NH2+]CC1. The molecule has 3 aromatic rings. The smallest absolute Gasteiger partial charge is 0.329 e. The molecule has 0 saturated carbocycles. The normalized spacial score (nSPS) is 14.6. The second-order valence-electron chi connectivity index (χ2n) is 8.55. The Balaban J connectivity index is 1.45. The van der Waals surface area contributed by atoms with E-state index >= 15 is 0 Å². The Kier molecular flexibility index (Phi) is 8.24. The number of hydrogen-bond acceptors (Lipinski definition) is 5. The zero-order chi connectivity index (χ0) is 24.5. The summed E-state index contributed by atoms with van der Waals surface area (Å²) in [6, 6.07) is 17.8. The summed E-state index contributed by atoms with van der Waals surface area (Å²) >= 11 is 0. The number of carbonyl (C=O) groups excluding carboxylic acids is 3. The minimum atomic E-state index is -0.949. The first-order chi connectivity index (χ1) is 17.1. The van der Waals surface area contributed by atoms with E-state index in [1.807, 2.05) is 60.7 Å². The lowest BCUT2D eigenvalue weighted by Gasteiger charge is -2.21. The summed E-state index contributed by atoms with van der Waals surface area (Å²) in [4.78, 5) is 45.7. The molecule has 9 nitrogen and oxygen atoms in total. The zero-order valence-electron chi connectivity index (χ0n) is 19.4. The summed E-state index contributed by atoms with van der Waals surface area (Å²) in [5.74, 6) is -1.57. The molecule has 0 unspecified atom stereocenters. The molecular formula is C26H30N5O4+. The number of amides is 2. The first-order valence-corrected chi connectivity index (χ1v) is 11.8. The van der Waals surface area contributed by atoms with Gasteiger partial charge in [0.2, 0.25) is 0 Å². The van der Waals surface area contributed by atoms with Crippen LogP contribution in [0.1, 0.15) is 44.9 Å². The van der Waals surface area contributed by atoms with E-state index in [4.69, 9.17) is 4.74 Å².